The van der Waals surface area contributed by atoms with Crippen LogP contribution in [0.3, 0.4) is 0 Å². The van der Waals surface area contributed by atoms with E-state index in [1.165, 1.54) is 60.7 Å². The molecule has 3 aromatic carbocycles. The second kappa shape index (κ2) is 21.5. The van der Waals surface area contributed by atoms with Crippen molar-refractivity contribution in [3.63, 3.8) is 0 Å². The van der Waals surface area contributed by atoms with Crippen molar-refractivity contribution in [1.82, 2.24) is 29.4 Å². The largest absolute Gasteiger partial charge is 0.490 e. The van der Waals surface area contributed by atoms with Crippen LogP contribution in [0.4, 0.5) is 4.39 Å². The van der Waals surface area contributed by atoms with E-state index in [1.54, 1.807) is 45.9 Å². The minimum Gasteiger partial charge on any atom is -0.490 e. The van der Waals surface area contributed by atoms with Gasteiger partial charge in [0.05, 0.1) is 11.3 Å². The summed E-state index contributed by atoms with van der Waals surface area (Å²) in [6.45, 7) is 13.7. The van der Waals surface area contributed by atoms with E-state index in [0.29, 0.717) is 28.5 Å². The van der Waals surface area contributed by atoms with E-state index in [4.69, 9.17) is 25.8 Å². The van der Waals surface area contributed by atoms with Gasteiger partial charge in [-0.25, -0.2) is 33.8 Å². The Bertz CT molecular complexity index is 3340. The molecular formula is C50H58ClFN6O10S2. The number of para-hydroxylation sites is 2. The van der Waals surface area contributed by atoms with Gasteiger partial charge in [-0.15, -0.1) is 0 Å². The van der Waals surface area contributed by atoms with E-state index in [0.717, 1.165) is 22.3 Å². The Morgan fingerprint density at radius 1 is 0.629 bits per heavy atom. The number of aromatic nitrogens is 4. The molecule has 4 heterocycles. The van der Waals surface area contributed by atoms with E-state index in [-0.39, 0.29) is 63.3 Å². The third-order valence-electron chi connectivity index (χ3n) is 9.88. The number of nitrogens with zero attached hydrogens (tertiary/aromatic N) is 4. The summed E-state index contributed by atoms with van der Waals surface area (Å²) in [5, 5.41) is 9.50. The minimum absolute atomic E-state index is 0. The van der Waals surface area contributed by atoms with Crippen LogP contribution in [0, 0.1) is 47.4 Å². The lowest BCUT2D eigenvalue weighted by atomic mass is 10.1. The molecule has 3 N–H and O–H groups in total. The van der Waals surface area contributed by atoms with Crippen LogP contribution < -0.4 is 23.7 Å². The lowest BCUT2D eigenvalue weighted by molar-refractivity contribution is 0.0284. The van der Waals surface area contributed by atoms with Crippen LogP contribution in [0.2, 0.25) is 5.15 Å². The molecule has 0 saturated heterocycles. The number of pyridine rings is 4. The molecule has 0 fully saturated rings. The number of amides is 2. The zero-order chi connectivity index (χ0) is 51.1. The molecule has 0 aliphatic carbocycles. The Hall–Kier alpha value is -7.32. The van der Waals surface area contributed by atoms with Gasteiger partial charge in [0.15, 0.2) is 10.1 Å². The molecule has 0 bridgehead atoms. The van der Waals surface area contributed by atoms with Crippen LogP contribution in [0.5, 0.6) is 29.0 Å². The smallest absolute Gasteiger partial charge is 0.281 e. The van der Waals surface area contributed by atoms with E-state index in [2.05, 4.69) is 19.9 Å². The first-order chi connectivity index (χ1) is 32.9. The Morgan fingerprint density at radius 3 is 1.53 bits per heavy atom. The number of aliphatic hydroxyl groups is 1. The molecule has 2 amide bonds. The summed E-state index contributed by atoms with van der Waals surface area (Å²) < 4.78 is 86.9. The number of halogens is 2. The predicted octanol–water partition coefficient (Wildman–Crippen LogP) is 10.5. The van der Waals surface area contributed by atoms with Gasteiger partial charge in [0.1, 0.15) is 46.0 Å². The lowest BCUT2D eigenvalue weighted by Crippen LogP contribution is -2.31. The first-order valence-electron chi connectivity index (χ1n) is 21.2. The summed E-state index contributed by atoms with van der Waals surface area (Å²) in [4.78, 5) is 42.5. The molecule has 0 saturated carbocycles. The summed E-state index contributed by atoms with van der Waals surface area (Å²) in [5.74, 6) is -1.67. The molecule has 7 rings (SSSR count). The molecule has 20 heteroatoms. The average Bonchev–Trinajstić information content (AvgIpc) is 3.28. The fourth-order valence-corrected chi connectivity index (χ4v) is 8.58. The Kier molecular flexibility index (Phi) is 16.0. The third kappa shape index (κ3) is 13.5. The molecule has 7 aromatic rings. The topological polar surface area (TPSA) is 226 Å². The fourth-order valence-electron chi connectivity index (χ4n) is 6.48. The molecule has 374 valence electrons. The third-order valence-corrected chi connectivity index (χ3v) is 12.6. The highest BCUT2D eigenvalue weighted by Gasteiger charge is 2.27. The van der Waals surface area contributed by atoms with Gasteiger partial charge in [-0.05, 0) is 138 Å². The number of rotatable bonds is 14. The average molecular weight is 1020 g/mol. The van der Waals surface area contributed by atoms with Gasteiger partial charge < -0.3 is 19.3 Å². The van der Waals surface area contributed by atoms with Gasteiger partial charge >= 0.3 is 0 Å². The molecule has 16 nitrogen and oxygen atoms in total. The number of aryl methyl sites for hydroxylation is 6. The van der Waals surface area contributed by atoms with Crippen LogP contribution >= 0.6 is 11.6 Å². The number of nitrogens with one attached hydrogen (secondary N) is 2. The molecule has 0 aliphatic rings. The molecule has 0 atom stereocenters. The molecular weight excluding hydrogens is 963 g/mol. The van der Waals surface area contributed by atoms with Gasteiger partial charge in [-0.2, -0.15) is 16.8 Å². The molecule has 4 aromatic heterocycles. The molecule has 0 radical (unpaired) electrons. The van der Waals surface area contributed by atoms with E-state index >= 15 is 0 Å². The van der Waals surface area contributed by atoms with Crippen molar-refractivity contribution in [1.29, 1.82) is 0 Å². The van der Waals surface area contributed by atoms with Crippen molar-refractivity contribution in [2.75, 3.05) is 6.61 Å². The number of carbonyl (C=O) groups is 2. The highest BCUT2D eigenvalue weighted by molar-refractivity contribution is 7.90. The first-order valence-corrected chi connectivity index (χ1v) is 24.6. The van der Waals surface area contributed by atoms with Gasteiger partial charge in [-0.1, -0.05) is 60.1 Å². The van der Waals surface area contributed by atoms with Crippen LogP contribution in [-0.4, -0.2) is 65.9 Å². The van der Waals surface area contributed by atoms with E-state index < -0.39 is 43.3 Å². The highest BCUT2D eigenvalue weighted by Crippen LogP contribution is 2.34. The maximum atomic E-state index is 14.5. The monoisotopic (exact) mass is 1020 g/mol. The number of sulfonamides is 2. The Labute approximate surface area is 417 Å². The van der Waals surface area contributed by atoms with Crippen molar-refractivity contribution in [2.45, 2.75) is 71.0 Å². The maximum Gasteiger partial charge on any atom is 0.281 e. The quantitative estimate of drug-likeness (QED) is 0.0862. The zero-order valence-electron chi connectivity index (χ0n) is 39.2. The number of carbonyl (C=O) groups excluding carboxylic acids is 2. The summed E-state index contributed by atoms with van der Waals surface area (Å²) in [5.41, 5.74) is 3.31. The number of ether oxygens (including phenoxy) is 3. The SMILES string of the molecule is Cc1cccc(S(=O)(=O)NC(=O)c2ccc(-c3cc(F)cc(OCC(C)(C)O)c3)nc2Oc2c(C)cccc2C)n1.Cc1cccc(S(=O)(=O)NC(=O)c2ccc(Cl)nc2Oc2c(C)cccc2C)n1.[HH].[HH].[HH].[HH].[HH]. The summed E-state index contributed by atoms with van der Waals surface area (Å²) >= 11 is 5.96. The van der Waals surface area contributed by atoms with Gasteiger partial charge in [0.25, 0.3) is 31.9 Å². The summed E-state index contributed by atoms with van der Waals surface area (Å²) in [7, 11) is -8.48. The Morgan fingerprint density at radius 2 is 1.07 bits per heavy atom. The molecule has 0 unspecified atom stereocenters. The minimum atomic E-state index is -4.31. The van der Waals surface area contributed by atoms with Gasteiger partial charge in [0.2, 0.25) is 11.8 Å². The fraction of sp³-hybridized carbons (Fsp3) is 0.200. The van der Waals surface area contributed by atoms with Crippen molar-refractivity contribution in [3.05, 3.63) is 171 Å². The van der Waals surface area contributed by atoms with Crippen LogP contribution in [0.25, 0.3) is 11.3 Å². The number of hydrogen-bond donors (Lipinski definition) is 3. The summed E-state index contributed by atoms with van der Waals surface area (Å²) in [6, 6.07) is 29.4. The van der Waals surface area contributed by atoms with Crippen molar-refractivity contribution in [2.24, 2.45) is 0 Å². The molecule has 0 aliphatic heterocycles. The first kappa shape index (κ1) is 52.1. The van der Waals surface area contributed by atoms with Gasteiger partial charge in [0, 0.05) is 30.2 Å². The van der Waals surface area contributed by atoms with Gasteiger partial charge in [-0.3, -0.25) is 9.59 Å². The Balaban J connectivity index is 0.000000738. The molecule has 70 heavy (non-hydrogen) atoms. The van der Waals surface area contributed by atoms with E-state index in [1.807, 2.05) is 73.5 Å². The standard InChI is InChI=1S/C30H30FN3O6S.C20H18ClN3O4S.5H2/c1-18-8-6-9-19(2)27(18)40-29-24(28(35)34-41(37,38)26-11-7-10-20(3)32-26)12-13-25(33-29)21-14-22(31)16-23(15-21)39-17-30(4,5)36;1-12-6-4-7-13(2)18(12)28-20-15(10-11-16(21)23-20)19(25)24-29(26,27)17-9-5-8-14(3)22-17;;;;;/h6-16,36H,17H2,1-5H3,(H,34,35);4-11H,1-3H3,(H,24,25);5*1H. The number of benzene rings is 3. The maximum absolute atomic E-state index is 14.5. The number of hydrogen-bond acceptors (Lipinski definition) is 14. The van der Waals surface area contributed by atoms with Crippen molar-refractivity contribution >= 4 is 43.5 Å². The highest BCUT2D eigenvalue weighted by atomic mass is 35.5. The van der Waals surface area contributed by atoms with Crippen LogP contribution in [0.15, 0.2) is 125 Å². The predicted molar refractivity (Wildman–Crippen MR) is 270 cm³/mol. The lowest BCUT2D eigenvalue weighted by Gasteiger charge is -2.18. The summed E-state index contributed by atoms with van der Waals surface area (Å²) in [6.07, 6.45) is 0. The van der Waals surface area contributed by atoms with Crippen molar-refractivity contribution < 1.29 is 57.3 Å². The molecule has 0 spiro atoms. The zero-order valence-corrected chi connectivity index (χ0v) is 41.5. The van der Waals surface area contributed by atoms with Crippen LogP contribution in [-0.2, 0) is 20.0 Å². The normalized spacial score (nSPS) is 11.5. The van der Waals surface area contributed by atoms with Crippen molar-refractivity contribution in [3.8, 4) is 40.3 Å². The second-order valence-electron chi connectivity index (χ2n) is 16.6. The second-order valence-corrected chi connectivity index (χ2v) is 20.2. The van der Waals surface area contributed by atoms with E-state index in [9.17, 15) is 35.9 Å². The van der Waals surface area contributed by atoms with Crippen LogP contribution in [0.1, 0.15) is 75.3 Å².